The Morgan fingerprint density at radius 2 is 1.93 bits per heavy atom. The molecule has 2 aliphatic heterocycles. The Labute approximate surface area is 238 Å². The van der Waals surface area contributed by atoms with E-state index >= 15 is 4.39 Å². The van der Waals surface area contributed by atoms with Gasteiger partial charge in [0.05, 0.1) is 24.3 Å². The Balaban J connectivity index is 1.21. The molecule has 12 heteroatoms. The van der Waals surface area contributed by atoms with Gasteiger partial charge in [-0.3, -0.25) is 4.72 Å². The molecule has 2 aromatic carbocycles. The van der Waals surface area contributed by atoms with Crippen molar-refractivity contribution in [1.29, 1.82) is 0 Å². The fraction of sp³-hybridized carbons (Fsp3) is 0.379. The van der Waals surface area contributed by atoms with Gasteiger partial charge < -0.3 is 25.3 Å². The summed E-state index contributed by atoms with van der Waals surface area (Å²) in [6.45, 7) is 5.93. The smallest absolute Gasteiger partial charge is 0.239 e. The van der Waals surface area contributed by atoms with E-state index in [9.17, 15) is 8.42 Å². The van der Waals surface area contributed by atoms with Crippen molar-refractivity contribution >= 4 is 38.2 Å². The summed E-state index contributed by atoms with van der Waals surface area (Å²) in [6.07, 6.45) is 3.49. The first-order valence-electron chi connectivity index (χ1n) is 13.9. The van der Waals surface area contributed by atoms with Crippen LogP contribution in [0.25, 0.3) is 22.3 Å². The predicted octanol–water partition coefficient (Wildman–Crippen LogP) is 4.03. The summed E-state index contributed by atoms with van der Waals surface area (Å²) in [5.74, 6) is 0.124. The maximum absolute atomic E-state index is 15.3. The fourth-order valence-electron chi connectivity index (χ4n) is 5.51. The van der Waals surface area contributed by atoms with E-state index in [-0.39, 0.29) is 11.7 Å². The topological polar surface area (TPSA) is 129 Å². The third-order valence-electron chi connectivity index (χ3n) is 7.88. The van der Waals surface area contributed by atoms with Crippen LogP contribution in [0.2, 0.25) is 0 Å². The molecular formula is C29H34FN7O3S. The van der Waals surface area contributed by atoms with Crippen LogP contribution in [-0.2, 0) is 14.8 Å². The van der Waals surface area contributed by atoms with Crippen LogP contribution < -0.4 is 20.3 Å². The van der Waals surface area contributed by atoms with Crippen LogP contribution in [0.3, 0.4) is 0 Å². The largest absolute Gasteiger partial charge is 0.378 e. The summed E-state index contributed by atoms with van der Waals surface area (Å²) in [5.41, 5.74) is 9.46. The van der Waals surface area contributed by atoms with Gasteiger partial charge in [0.2, 0.25) is 10.0 Å². The second-order valence-electron chi connectivity index (χ2n) is 10.7. The molecule has 0 saturated carbocycles. The highest BCUT2D eigenvalue weighted by atomic mass is 32.2. The van der Waals surface area contributed by atoms with E-state index in [2.05, 4.69) is 29.5 Å². The van der Waals surface area contributed by atoms with Crippen molar-refractivity contribution in [1.82, 2.24) is 15.0 Å². The molecule has 41 heavy (non-hydrogen) atoms. The Kier molecular flexibility index (Phi) is 7.54. The first kappa shape index (κ1) is 27.4. The van der Waals surface area contributed by atoms with Crippen LogP contribution >= 0.6 is 0 Å². The molecule has 4 N–H and O–H groups in total. The highest BCUT2D eigenvalue weighted by Gasteiger charge is 2.26. The molecule has 0 amide bonds. The molecule has 2 unspecified atom stereocenters. The highest BCUT2D eigenvalue weighted by Crippen LogP contribution is 2.33. The number of fused-ring (bicyclic) bond motifs is 1. The maximum atomic E-state index is 15.3. The zero-order valence-corrected chi connectivity index (χ0v) is 23.7. The van der Waals surface area contributed by atoms with Crippen LogP contribution in [0.4, 0.5) is 21.6 Å². The third kappa shape index (κ3) is 5.72. The maximum Gasteiger partial charge on any atom is 0.239 e. The molecular weight excluding hydrogens is 545 g/mol. The lowest BCUT2D eigenvalue weighted by Gasteiger charge is -2.33. The van der Waals surface area contributed by atoms with E-state index in [1.165, 1.54) is 18.5 Å². The number of aromatic amines is 1. The number of hydrogen-bond acceptors (Lipinski definition) is 8. The second kappa shape index (κ2) is 11.3. The van der Waals surface area contributed by atoms with Gasteiger partial charge in [0, 0.05) is 49.2 Å². The van der Waals surface area contributed by atoms with Gasteiger partial charge in [-0.1, -0.05) is 18.2 Å². The molecule has 2 fully saturated rings. The summed E-state index contributed by atoms with van der Waals surface area (Å²) in [5, 5.41) is -0.0666. The monoisotopic (exact) mass is 579 g/mol. The number of nitrogens with zero attached hydrogens (tertiary/aromatic N) is 4. The molecule has 2 saturated heterocycles. The fourth-order valence-corrected chi connectivity index (χ4v) is 6.67. The quantitative estimate of drug-likeness (QED) is 0.299. The number of anilines is 3. The minimum absolute atomic E-state index is 0.102. The lowest BCUT2D eigenvalue weighted by molar-refractivity contribution is 0.122. The number of H-pyrrole nitrogens is 1. The van der Waals surface area contributed by atoms with Crippen LogP contribution in [0, 0.1) is 5.82 Å². The van der Waals surface area contributed by atoms with Crippen molar-refractivity contribution in [2.75, 3.05) is 53.9 Å². The number of halogens is 1. The Morgan fingerprint density at radius 1 is 1.10 bits per heavy atom. The summed E-state index contributed by atoms with van der Waals surface area (Å²) in [6, 6.07) is 13.9. The number of morpholine rings is 1. The van der Waals surface area contributed by atoms with E-state index in [1.54, 1.807) is 19.1 Å². The molecule has 0 aliphatic carbocycles. The number of piperidine rings is 1. The molecule has 10 nitrogen and oxygen atoms in total. The molecule has 2 aliphatic rings. The average molecular weight is 580 g/mol. The normalized spacial score (nSPS) is 19.0. The molecule has 4 heterocycles. The molecule has 0 radical (unpaired) electrons. The lowest BCUT2D eigenvalue weighted by atomic mass is 10.0. The number of ether oxygens (including phenoxy) is 1. The lowest BCUT2D eigenvalue weighted by Crippen LogP contribution is -2.42. The van der Waals surface area contributed by atoms with Crippen molar-refractivity contribution < 1.29 is 17.5 Å². The van der Waals surface area contributed by atoms with Gasteiger partial charge in [0.25, 0.3) is 0 Å². The van der Waals surface area contributed by atoms with Gasteiger partial charge in [-0.2, -0.15) is 0 Å². The van der Waals surface area contributed by atoms with Gasteiger partial charge in [0.1, 0.15) is 28.9 Å². The first-order valence-corrected chi connectivity index (χ1v) is 15.4. The van der Waals surface area contributed by atoms with Crippen LogP contribution in [0.5, 0.6) is 0 Å². The van der Waals surface area contributed by atoms with Gasteiger partial charge in [-0.05, 0) is 55.7 Å². The first-order chi connectivity index (χ1) is 19.8. The van der Waals surface area contributed by atoms with E-state index in [0.717, 1.165) is 55.9 Å². The van der Waals surface area contributed by atoms with Crippen LogP contribution in [0.1, 0.15) is 30.6 Å². The molecule has 216 valence electrons. The SMILES string of the molecule is CC(c1cccc(N2CCCC(N)C2)c1)S(=O)(=O)Nc1ccc(-c2cc3c(N4CCOCC4)ncnc3[nH]2)cc1F. The van der Waals surface area contributed by atoms with E-state index in [4.69, 9.17) is 10.5 Å². The van der Waals surface area contributed by atoms with Crippen molar-refractivity contribution in [2.45, 2.75) is 31.1 Å². The zero-order chi connectivity index (χ0) is 28.6. The summed E-state index contributed by atoms with van der Waals surface area (Å²) < 4.78 is 49.8. The standard InChI is InChI=1S/C29H34FN7O3S/c1-19(20-4-2-6-23(14-20)37-9-3-5-22(31)17-37)41(38,39)35-26-8-7-21(15-25(26)30)27-16-24-28(34-27)32-18-33-29(24)36-10-12-40-13-11-36/h2,4,6-8,14-16,18-19,22,35H,3,5,9-13,17,31H2,1H3,(H,32,33,34). The van der Waals surface area contributed by atoms with Crippen LogP contribution in [0.15, 0.2) is 54.9 Å². The number of nitrogens with one attached hydrogen (secondary N) is 2. The van der Waals surface area contributed by atoms with Gasteiger partial charge in [-0.25, -0.2) is 22.8 Å². The highest BCUT2D eigenvalue weighted by molar-refractivity contribution is 7.92. The van der Waals surface area contributed by atoms with Crippen molar-refractivity contribution in [3.63, 3.8) is 0 Å². The van der Waals surface area contributed by atoms with Gasteiger partial charge in [0.15, 0.2) is 0 Å². The molecule has 4 aromatic rings. The third-order valence-corrected chi connectivity index (χ3v) is 9.58. The molecule has 0 bridgehead atoms. The number of rotatable bonds is 7. The number of aromatic nitrogens is 3. The number of hydrogen-bond donors (Lipinski definition) is 3. The number of sulfonamides is 1. The second-order valence-corrected chi connectivity index (χ2v) is 12.7. The molecule has 0 spiro atoms. The molecule has 2 atom stereocenters. The zero-order valence-electron chi connectivity index (χ0n) is 22.9. The van der Waals surface area contributed by atoms with Crippen molar-refractivity contribution in [3.8, 4) is 11.3 Å². The Morgan fingerprint density at radius 3 is 2.71 bits per heavy atom. The summed E-state index contributed by atoms with van der Waals surface area (Å²) >= 11 is 0. The predicted molar refractivity (Wildman–Crippen MR) is 159 cm³/mol. The number of benzene rings is 2. The Hall–Kier alpha value is -3.74. The van der Waals surface area contributed by atoms with Gasteiger partial charge in [-0.15, -0.1) is 0 Å². The molecule has 2 aromatic heterocycles. The summed E-state index contributed by atoms with van der Waals surface area (Å²) in [4.78, 5) is 16.4. The summed E-state index contributed by atoms with van der Waals surface area (Å²) in [7, 11) is -3.94. The van der Waals surface area contributed by atoms with Crippen molar-refractivity contribution in [3.05, 3.63) is 66.2 Å². The van der Waals surface area contributed by atoms with Crippen LogP contribution in [-0.4, -0.2) is 68.8 Å². The van der Waals surface area contributed by atoms with E-state index < -0.39 is 21.1 Å². The van der Waals surface area contributed by atoms with Gasteiger partial charge >= 0.3 is 0 Å². The molecule has 6 rings (SSSR count). The van der Waals surface area contributed by atoms with Crippen molar-refractivity contribution in [2.24, 2.45) is 5.73 Å². The van der Waals surface area contributed by atoms with E-state index in [0.29, 0.717) is 35.7 Å². The minimum atomic E-state index is -3.94. The minimum Gasteiger partial charge on any atom is -0.378 e. The average Bonchev–Trinajstić information content (AvgIpc) is 3.43. The van der Waals surface area contributed by atoms with E-state index in [1.807, 2.05) is 24.3 Å². The Bertz CT molecular complexity index is 1660. The number of nitrogens with two attached hydrogens (primary N) is 1.